The molecule has 1 aromatic heterocycles. The predicted molar refractivity (Wildman–Crippen MR) is 84.0 cm³/mol. The number of methoxy groups -OCH3 is 1. The molecule has 0 amide bonds. The largest absolute Gasteiger partial charge is 0.487 e. The van der Waals surface area contributed by atoms with Gasteiger partial charge in [0, 0.05) is 0 Å². The lowest BCUT2D eigenvalue weighted by molar-refractivity contribution is -0.132. The first-order valence-corrected chi connectivity index (χ1v) is 7.33. The minimum absolute atomic E-state index is 0.287. The normalized spacial score (nSPS) is 11.0. The molecule has 0 saturated carbocycles. The Labute approximate surface area is 131 Å². The predicted octanol–water partition coefficient (Wildman–Crippen LogP) is 3.46. The number of thiophene rings is 1. The first-order valence-electron chi connectivity index (χ1n) is 6.01. The van der Waals surface area contributed by atoms with Crippen molar-refractivity contribution in [2.45, 2.75) is 6.61 Å². The molecule has 0 radical (unpaired) electrons. The third kappa shape index (κ3) is 4.47. The van der Waals surface area contributed by atoms with E-state index < -0.39 is 5.97 Å². The highest BCUT2D eigenvalue weighted by atomic mass is 35.5. The molecule has 0 aliphatic rings. The van der Waals surface area contributed by atoms with E-state index in [9.17, 15) is 4.79 Å². The number of nitrogens with zero attached hydrogens (tertiary/aromatic N) is 1. The minimum Gasteiger partial charge on any atom is -0.487 e. The highest BCUT2D eigenvalue weighted by Gasteiger charge is 2.09. The fourth-order valence-corrected chi connectivity index (χ4v) is 2.23. The van der Waals surface area contributed by atoms with Crippen molar-refractivity contribution in [1.29, 1.82) is 0 Å². The molecule has 1 aromatic carbocycles. The van der Waals surface area contributed by atoms with Crippen LogP contribution in [0.1, 0.15) is 5.56 Å². The van der Waals surface area contributed by atoms with Gasteiger partial charge in [0.2, 0.25) is 5.17 Å². The van der Waals surface area contributed by atoms with Crippen molar-refractivity contribution in [3.63, 3.8) is 0 Å². The number of hydrogen-bond acceptors (Lipinski definition) is 6. The molecule has 0 atom stereocenters. The monoisotopic (exact) mass is 324 g/mol. The number of nitrogens with one attached hydrogen (secondary N) is 1. The Morgan fingerprint density at radius 2 is 2.19 bits per heavy atom. The van der Waals surface area contributed by atoms with Crippen LogP contribution in [0.25, 0.3) is 0 Å². The zero-order valence-corrected chi connectivity index (χ0v) is 12.8. The summed E-state index contributed by atoms with van der Waals surface area (Å²) in [5, 5.41) is 7.47. The standard InChI is InChI=1S/C14H13ClN2O3S/c1-19-14(18)13(15)17-16-11-4-2-3-5-12(11)20-8-10-6-7-21-9-10/h2-7,9,16H,8H2,1H3/b17-13-. The van der Waals surface area contributed by atoms with Crippen molar-refractivity contribution in [2.24, 2.45) is 5.10 Å². The zero-order chi connectivity index (χ0) is 15.1. The van der Waals surface area contributed by atoms with Crippen molar-refractivity contribution in [3.05, 3.63) is 46.7 Å². The molecular formula is C14H13ClN2O3S. The van der Waals surface area contributed by atoms with E-state index in [1.165, 1.54) is 7.11 Å². The number of hydrogen-bond donors (Lipinski definition) is 1. The van der Waals surface area contributed by atoms with E-state index in [1.807, 2.05) is 29.0 Å². The molecule has 0 saturated heterocycles. The average molecular weight is 325 g/mol. The number of ether oxygens (including phenoxy) is 2. The molecule has 0 fully saturated rings. The Hall–Kier alpha value is -2.05. The van der Waals surface area contributed by atoms with Crippen molar-refractivity contribution in [1.82, 2.24) is 0 Å². The summed E-state index contributed by atoms with van der Waals surface area (Å²) in [5.41, 5.74) is 4.39. The molecule has 2 aromatic rings. The van der Waals surface area contributed by atoms with Crippen LogP contribution in [0.15, 0.2) is 46.2 Å². The summed E-state index contributed by atoms with van der Waals surface area (Å²) in [4.78, 5) is 11.1. The summed E-state index contributed by atoms with van der Waals surface area (Å²) in [7, 11) is 1.23. The average Bonchev–Trinajstić information content (AvgIpc) is 3.03. The van der Waals surface area contributed by atoms with Gasteiger partial charge in [-0.05, 0) is 34.5 Å². The van der Waals surface area contributed by atoms with Crippen LogP contribution < -0.4 is 10.2 Å². The SMILES string of the molecule is COC(=O)/C(Cl)=N/Nc1ccccc1OCc1ccsc1. The minimum atomic E-state index is -0.708. The van der Waals surface area contributed by atoms with Gasteiger partial charge in [-0.1, -0.05) is 23.7 Å². The van der Waals surface area contributed by atoms with Crippen LogP contribution in [-0.4, -0.2) is 18.2 Å². The number of hydrazone groups is 1. The number of esters is 1. The van der Waals surface area contributed by atoms with Gasteiger partial charge in [-0.25, -0.2) is 4.79 Å². The van der Waals surface area contributed by atoms with E-state index in [0.29, 0.717) is 18.0 Å². The zero-order valence-electron chi connectivity index (χ0n) is 11.2. The molecule has 0 aliphatic heterocycles. The highest BCUT2D eigenvalue weighted by Crippen LogP contribution is 2.25. The summed E-state index contributed by atoms with van der Waals surface area (Å²) < 4.78 is 10.2. The van der Waals surface area contributed by atoms with Gasteiger partial charge in [0.25, 0.3) is 0 Å². The molecule has 0 bridgehead atoms. The fourth-order valence-electron chi connectivity index (χ4n) is 1.46. The van der Waals surface area contributed by atoms with Crippen LogP contribution in [0, 0.1) is 0 Å². The second kappa shape index (κ2) is 7.66. The van der Waals surface area contributed by atoms with Crippen molar-refractivity contribution in [2.75, 3.05) is 12.5 Å². The molecular weight excluding hydrogens is 312 g/mol. The molecule has 7 heteroatoms. The number of halogens is 1. The number of carbonyl (C=O) groups is 1. The maximum absolute atomic E-state index is 11.1. The van der Waals surface area contributed by atoms with E-state index in [2.05, 4.69) is 15.3 Å². The Morgan fingerprint density at radius 1 is 1.38 bits per heavy atom. The Morgan fingerprint density at radius 3 is 2.90 bits per heavy atom. The van der Waals surface area contributed by atoms with Gasteiger partial charge in [-0.3, -0.25) is 5.43 Å². The summed E-state index contributed by atoms with van der Waals surface area (Å²) in [6, 6.07) is 9.23. The first-order chi connectivity index (χ1) is 10.2. The Balaban J connectivity index is 2.04. The fraction of sp³-hybridized carbons (Fsp3) is 0.143. The third-order valence-corrected chi connectivity index (χ3v) is 3.46. The van der Waals surface area contributed by atoms with Gasteiger partial charge < -0.3 is 9.47 Å². The van der Waals surface area contributed by atoms with Crippen LogP contribution >= 0.6 is 22.9 Å². The molecule has 2 rings (SSSR count). The smallest absolute Gasteiger partial charge is 0.370 e. The number of carbonyl (C=O) groups excluding carboxylic acids is 1. The first kappa shape index (κ1) is 15.3. The van der Waals surface area contributed by atoms with Gasteiger partial charge in [-0.15, -0.1) is 0 Å². The number of anilines is 1. The van der Waals surface area contributed by atoms with Gasteiger partial charge in [0.15, 0.2) is 0 Å². The molecule has 21 heavy (non-hydrogen) atoms. The van der Waals surface area contributed by atoms with Crippen LogP contribution in [0.4, 0.5) is 5.69 Å². The van der Waals surface area contributed by atoms with E-state index >= 15 is 0 Å². The van der Waals surface area contributed by atoms with Crippen molar-refractivity contribution in [3.8, 4) is 5.75 Å². The van der Waals surface area contributed by atoms with Gasteiger partial charge >= 0.3 is 5.97 Å². The Bertz CT molecular complexity index is 629. The quantitative estimate of drug-likeness (QED) is 0.502. The summed E-state index contributed by atoms with van der Waals surface area (Å²) >= 11 is 7.28. The highest BCUT2D eigenvalue weighted by molar-refractivity contribution is 7.07. The second-order valence-electron chi connectivity index (χ2n) is 3.92. The maximum atomic E-state index is 11.1. The molecule has 0 unspecified atom stereocenters. The van der Waals surface area contributed by atoms with Gasteiger partial charge in [0.1, 0.15) is 12.4 Å². The lowest BCUT2D eigenvalue weighted by atomic mass is 10.3. The maximum Gasteiger partial charge on any atom is 0.370 e. The molecule has 0 spiro atoms. The molecule has 1 heterocycles. The lowest BCUT2D eigenvalue weighted by Crippen LogP contribution is -2.11. The number of para-hydroxylation sites is 2. The summed E-state index contributed by atoms with van der Waals surface area (Å²) in [6.45, 7) is 0.455. The number of benzene rings is 1. The van der Waals surface area contributed by atoms with E-state index in [1.54, 1.807) is 23.5 Å². The lowest BCUT2D eigenvalue weighted by Gasteiger charge is -2.10. The molecule has 0 aliphatic carbocycles. The van der Waals surface area contributed by atoms with Crippen LogP contribution in [0.2, 0.25) is 0 Å². The van der Waals surface area contributed by atoms with Crippen molar-refractivity contribution < 1.29 is 14.3 Å². The summed E-state index contributed by atoms with van der Waals surface area (Å²) in [6.07, 6.45) is 0. The Kier molecular flexibility index (Phi) is 5.59. The van der Waals surface area contributed by atoms with Crippen LogP contribution in [0.5, 0.6) is 5.75 Å². The summed E-state index contributed by atoms with van der Waals surface area (Å²) in [5.74, 6) is -0.0948. The van der Waals surface area contributed by atoms with E-state index in [0.717, 1.165) is 5.56 Å². The number of rotatable bonds is 6. The third-order valence-electron chi connectivity index (χ3n) is 2.49. The van der Waals surface area contributed by atoms with E-state index in [4.69, 9.17) is 16.3 Å². The van der Waals surface area contributed by atoms with E-state index in [-0.39, 0.29) is 5.17 Å². The van der Waals surface area contributed by atoms with Crippen LogP contribution in [-0.2, 0) is 16.1 Å². The van der Waals surface area contributed by atoms with Gasteiger partial charge in [0.05, 0.1) is 12.8 Å². The van der Waals surface area contributed by atoms with Gasteiger partial charge in [-0.2, -0.15) is 16.4 Å². The molecule has 110 valence electrons. The molecule has 5 nitrogen and oxygen atoms in total. The van der Waals surface area contributed by atoms with Crippen LogP contribution in [0.3, 0.4) is 0 Å². The topological polar surface area (TPSA) is 59.9 Å². The second-order valence-corrected chi connectivity index (χ2v) is 5.06. The van der Waals surface area contributed by atoms with Crippen molar-refractivity contribution >= 4 is 39.8 Å². The molecule has 1 N–H and O–H groups in total.